The molecular formula is C8H13N3. The van der Waals surface area contributed by atoms with E-state index >= 15 is 0 Å². The van der Waals surface area contributed by atoms with Crippen LogP contribution in [-0.4, -0.2) is 6.54 Å². The number of nitrogens with zero attached hydrogens (tertiary/aromatic N) is 3. The summed E-state index contributed by atoms with van der Waals surface area (Å²) in [7, 11) is 0. The summed E-state index contributed by atoms with van der Waals surface area (Å²) in [6.07, 6.45) is 5.54. The first-order chi connectivity index (χ1) is 5.42. The molecule has 0 aliphatic heterocycles. The van der Waals surface area contributed by atoms with Gasteiger partial charge < -0.3 is 0 Å². The molecule has 0 amide bonds. The summed E-state index contributed by atoms with van der Waals surface area (Å²) in [6, 6.07) is 0. The Morgan fingerprint density at radius 3 is 3.09 bits per heavy atom. The van der Waals surface area contributed by atoms with E-state index < -0.39 is 0 Å². The SMILES string of the molecule is [N-]=[N+]=NCC1CC2CCCC21. The second kappa shape index (κ2) is 2.74. The van der Waals surface area contributed by atoms with E-state index in [1.807, 2.05) is 0 Å². The first kappa shape index (κ1) is 6.99. The number of rotatable bonds is 2. The lowest BCUT2D eigenvalue weighted by Crippen LogP contribution is -2.34. The van der Waals surface area contributed by atoms with Gasteiger partial charge in [-0.25, -0.2) is 0 Å². The predicted molar refractivity (Wildman–Crippen MR) is 43.0 cm³/mol. The molecule has 2 rings (SSSR count). The Kier molecular flexibility index (Phi) is 1.74. The smallest absolute Gasteiger partial charge is 0.0289 e. The van der Waals surface area contributed by atoms with Crippen LogP contribution < -0.4 is 0 Å². The summed E-state index contributed by atoms with van der Waals surface area (Å²) in [5.41, 5.74) is 8.13. The summed E-state index contributed by atoms with van der Waals surface area (Å²) < 4.78 is 0. The first-order valence-corrected chi connectivity index (χ1v) is 4.42. The second-order valence-corrected chi connectivity index (χ2v) is 3.76. The fourth-order valence-electron chi connectivity index (χ4n) is 2.70. The van der Waals surface area contributed by atoms with Gasteiger partial charge in [0.1, 0.15) is 0 Å². The summed E-state index contributed by atoms with van der Waals surface area (Å²) in [5.74, 6) is 2.65. The minimum Gasteiger partial charge on any atom is -0.0937 e. The average Bonchev–Trinajstić information content (AvgIpc) is 2.33. The van der Waals surface area contributed by atoms with E-state index in [4.69, 9.17) is 5.53 Å². The summed E-state index contributed by atoms with van der Waals surface area (Å²) in [5, 5.41) is 3.63. The van der Waals surface area contributed by atoms with Crippen LogP contribution in [0.3, 0.4) is 0 Å². The summed E-state index contributed by atoms with van der Waals surface area (Å²) in [6.45, 7) is 0.748. The normalized spacial score (nSPS) is 40.5. The van der Waals surface area contributed by atoms with Crippen molar-refractivity contribution in [3.63, 3.8) is 0 Å². The van der Waals surface area contributed by atoms with Crippen molar-refractivity contribution in [3.05, 3.63) is 10.4 Å². The molecule has 0 bridgehead atoms. The quantitative estimate of drug-likeness (QED) is 0.331. The van der Waals surface area contributed by atoms with Crippen molar-refractivity contribution in [2.24, 2.45) is 22.9 Å². The lowest BCUT2D eigenvalue weighted by atomic mass is 9.67. The maximum Gasteiger partial charge on any atom is 0.0289 e. The topological polar surface area (TPSA) is 48.8 Å². The molecule has 0 aromatic carbocycles. The zero-order valence-electron chi connectivity index (χ0n) is 6.61. The molecule has 0 N–H and O–H groups in total. The van der Waals surface area contributed by atoms with Crippen molar-refractivity contribution in [2.75, 3.05) is 6.54 Å². The molecule has 2 aliphatic carbocycles. The van der Waals surface area contributed by atoms with E-state index in [1.165, 1.54) is 25.7 Å². The van der Waals surface area contributed by atoms with Gasteiger partial charge in [-0.3, -0.25) is 0 Å². The van der Waals surface area contributed by atoms with E-state index in [1.54, 1.807) is 0 Å². The number of hydrogen-bond donors (Lipinski definition) is 0. The van der Waals surface area contributed by atoms with Crippen molar-refractivity contribution >= 4 is 0 Å². The lowest BCUT2D eigenvalue weighted by Gasteiger charge is -2.39. The minimum atomic E-state index is 0.735. The molecule has 3 nitrogen and oxygen atoms in total. The molecule has 60 valence electrons. The molecule has 3 atom stereocenters. The number of hydrogen-bond acceptors (Lipinski definition) is 1. The van der Waals surface area contributed by atoms with Gasteiger partial charge >= 0.3 is 0 Å². The van der Waals surface area contributed by atoms with Crippen LogP contribution in [0, 0.1) is 17.8 Å². The Morgan fingerprint density at radius 2 is 2.36 bits per heavy atom. The molecule has 11 heavy (non-hydrogen) atoms. The molecule has 0 aromatic heterocycles. The highest BCUT2D eigenvalue weighted by Gasteiger charge is 2.42. The van der Waals surface area contributed by atoms with Crippen LogP contribution >= 0.6 is 0 Å². The molecule has 0 saturated heterocycles. The Labute approximate surface area is 66.4 Å². The molecule has 2 fully saturated rings. The standard InChI is InChI=1S/C8H13N3/c9-11-10-5-7-4-6-2-1-3-8(6)7/h6-8H,1-5H2. The molecule has 3 heteroatoms. The molecule has 3 unspecified atom stereocenters. The fourth-order valence-corrected chi connectivity index (χ4v) is 2.70. The van der Waals surface area contributed by atoms with Crippen LogP contribution in [0.1, 0.15) is 25.7 Å². The third-order valence-electron chi connectivity index (χ3n) is 3.31. The highest BCUT2D eigenvalue weighted by atomic mass is 15.1. The number of fused-ring (bicyclic) bond motifs is 1. The molecule has 0 aromatic rings. The van der Waals surface area contributed by atoms with Crippen molar-refractivity contribution < 1.29 is 0 Å². The van der Waals surface area contributed by atoms with E-state index in [9.17, 15) is 0 Å². The van der Waals surface area contributed by atoms with Crippen LogP contribution in [0.2, 0.25) is 0 Å². The second-order valence-electron chi connectivity index (χ2n) is 3.76. The largest absolute Gasteiger partial charge is 0.0937 e. The maximum atomic E-state index is 8.13. The van der Waals surface area contributed by atoms with E-state index in [0.717, 1.165) is 24.3 Å². The monoisotopic (exact) mass is 151 g/mol. The zero-order chi connectivity index (χ0) is 7.68. The van der Waals surface area contributed by atoms with Crippen molar-refractivity contribution in [1.29, 1.82) is 0 Å². The highest BCUT2D eigenvalue weighted by molar-refractivity contribution is 4.94. The van der Waals surface area contributed by atoms with Crippen LogP contribution in [0.4, 0.5) is 0 Å². The predicted octanol–water partition coefficient (Wildman–Crippen LogP) is 2.73. The van der Waals surface area contributed by atoms with Gasteiger partial charge in [0.25, 0.3) is 0 Å². The third-order valence-corrected chi connectivity index (χ3v) is 3.31. The van der Waals surface area contributed by atoms with Crippen molar-refractivity contribution in [1.82, 2.24) is 0 Å². The van der Waals surface area contributed by atoms with Gasteiger partial charge in [0.2, 0.25) is 0 Å². The van der Waals surface area contributed by atoms with Gasteiger partial charge in [-0.2, -0.15) is 0 Å². The third kappa shape index (κ3) is 1.10. The van der Waals surface area contributed by atoms with Crippen molar-refractivity contribution in [3.8, 4) is 0 Å². The van der Waals surface area contributed by atoms with Gasteiger partial charge in [-0.05, 0) is 36.1 Å². The van der Waals surface area contributed by atoms with Gasteiger partial charge in [0.05, 0.1) is 0 Å². The van der Waals surface area contributed by atoms with Gasteiger partial charge in [-0.15, -0.1) is 0 Å². The summed E-state index contributed by atoms with van der Waals surface area (Å²) in [4.78, 5) is 2.80. The molecular weight excluding hydrogens is 138 g/mol. The Bertz CT molecular complexity index is 196. The van der Waals surface area contributed by atoms with E-state index in [-0.39, 0.29) is 0 Å². The Hall–Kier alpha value is -0.690. The first-order valence-electron chi connectivity index (χ1n) is 4.42. The number of azide groups is 1. The molecule has 0 heterocycles. The van der Waals surface area contributed by atoms with Crippen LogP contribution in [0.5, 0.6) is 0 Å². The maximum absolute atomic E-state index is 8.13. The van der Waals surface area contributed by atoms with E-state index in [0.29, 0.717) is 0 Å². The molecule has 2 saturated carbocycles. The Morgan fingerprint density at radius 1 is 1.45 bits per heavy atom. The Balaban J connectivity index is 1.85. The van der Waals surface area contributed by atoms with Crippen LogP contribution in [0.25, 0.3) is 10.4 Å². The highest BCUT2D eigenvalue weighted by Crippen LogP contribution is 2.51. The van der Waals surface area contributed by atoms with Crippen LogP contribution in [0.15, 0.2) is 5.11 Å². The minimum absolute atomic E-state index is 0.735. The molecule has 0 radical (unpaired) electrons. The molecule has 2 aliphatic rings. The van der Waals surface area contributed by atoms with Gasteiger partial charge in [-0.1, -0.05) is 18.0 Å². The lowest BCUT2D eigenvalue weighted by molar-refractivity contribution is 0.111. The van der Waals surface area contributed by atoms with Crippen molar-refractivity contribution in [2.45, 2.75) is 25.7 Å². The van der Waals surface area contributed by atoms with E-state index in [2.05, 4.69) is 10.0 Å². The summed E-state index contributed by atoms with van der Waals surface area (Å²) >= 11 is 0. The average molecular weight is 151 g/mol. The van der Waals surface area contributed by atoms with Crippen LogP contribution in [-0.2, 0) is 0 Å². The zero-order valence-corrected chi connectivity index (χ0v) is 6.61. The van der Waals surface area contributed by atoms with Gasteiger partial charge in [0.15, 0.2) is 0 Å². The van der Waals surface area contributed by atoms with Gasteiger partial charge in [0, 0.05) is 11.5 Å². The molecule has 0 spiro atoms. The fraction of sp³-hybridized carbons (Fsp3) is 1.00.